The summed E-state index contributed by atoms with van der Waals surface area (Å²) in [5, 5.41) is 7.33. The molecule has 31 heavy (non-hydrogen) atoms. The molecule has 0 saturated carbocycles. The smallest absolute Gasteiger partial charge is 0.304 e. The maximum absolute atomic E-state index is 14.1. The Hall–Kier alpha value is -2.82. The van der Waals surface area contributed by atoms with Crippen molar-refractivity contribution >= 4 is 5.91 Å². The van der Waals surface area contributed by atoms with E-state index in [9.17, 15) is 26.7 Å². The van der Waals surface area contributed by atoms with Crippen LogP contribution in [0.2, 0.25) is 0 Å². The lowest BCUT2D eigenvalue weighted by Gasteiger charge is -2.33. The lowest BCUT2D eigenvalue weighted by molar-refractivity contribution is -0.129. The molecule has 2 N–H and O–H groups in total. The summed E-state index contributed by atoms with van der Waals surface area (Å²) in [4.78, 5) is 14.4. The van der Waals surface area contributed by atoms with Crippen LogP contribution in [0, 0.1) is 17.5 Å². The van der Waals surface area contributed by atoms with Gasteiger partial charge in [0.15, 0.2) is 17.5 Å². The second-order valence-electron chi connectivity index (χ2n) is 7.93. The van der Waals surface area contributed by atoms with Gasteiger partial charge < -0.3 is 15.2 Å². The Morgan fingerprint density at radius 3 is 2.52 bits per heavy atom. The van der Waals surface area contributed by atoms with Crippen molar-refractivity contribution in [2.45, 2.75) is 50.7 Å². The Bertz CT molecular complexity index is 1060. The molecular formula is C20H20F5N5O. The summed E-state index contributed by atoms with van der Waals surface area (Å²) >= 11 is 0. The van der Waals surface area contributed by atoms with E-state index >= 15 is 0 Å². The summed E-state index contributed by atoms with van der Waals surface area (Å²) in [7, 11) is 0. The molecule has 2 atom stereocenters. The number of halogens is 5. The van der Waals surface area contributed by atoms with Gasteiger partial charge in [0.2, 0.25) is 11.7 Å². The van der Waals surface area contributed by atoms with Crippen molar-refractivity contribution in [3.8, 4) is 0 Å². The third kappa shape index (κ3) is 3.93. The topological polar surface area (TPSA) is 77.0 Å². The first-order valence-electron chi connectivity index (χ1n) is 9.75. The quantitative estimate of drug-likeness (QED) is 0.587. The highest BCUT2D eigenvalue weighted by atomic mass is 19.3. The predicted molar refractivity (Wildman–Crippen MR) is 99.4 cm³/mol. The molecule has 1 amide bonds. The molecule has 2 aliphatic rings. The molecular weight excluding hydrogens is 421 g/mol. The lowest BCUT2D eigenvalue weighted by Crippen LogP contribution is -2.42. The maximum Gasteiger partial charge on any atom is 0.304 e. The van der Waals surface area contributed by atoms with E-state index < -0.39 is 41.2 Å². The third-order valence-electron chi connectivity index (χ3n) is 5.74. The van der Waals surface area contributed by atoms with Crippen molar-refractivity contribution in [1.82, 2.24) is 19.7 Å². The highest BCUT2D eigenvalue weighted by molar-refractivity contribution is 5.93. The van der Waals surface area contributed by atoms with Crippen molar-refractivity contribution in [3.63, 3.8) is 0 Å². The van der Waals surface area contributed by atoms with Crippen LogP contribution in [0.3, 0.4) is 0 Å². The Morgan fingerprint density at radius 1 is 1.13 bits per heavy atom. The first-order valence-corrected chi connectivity index (χ1v) is 9.75. The minimum atomic E-state index is -3.14. The first-order chi connectivity index (χ1) is 14.6. The van der Waals surface area contributed by atoms with Crippen LogP contribution in [0.4, 0.5) is 22.0 Å². The Morgan fingerprint density at radius 2 is 1.84 bits per heavy atom. The average molecular weight is 441 g/mol. The molecule has 0 bridgehead atoms. The number of hydrogen-bond donors (Lipinski definition) is 1. The van der Waals surface area contributed by atoms with E-state index in [1.807, 2.05) is 0 Å². The summed E-state index contributed by atoms with van der Waals surface area (Å²) in [5.74, 6) is -7.57. The molecule has 1 aromatic carbocycles. The van der Waals surface area contributed by atoms with Crippen LogP contribution in [0.1, 0.15) is 42.9 Å². The second kappa shape index (κ2) is 7.70. The number of carbonyl (C=O) groups excluding carboxylic acids is 1. The molecule has 1 aliphatic carbocycles. The minimum absolute atomic E-state index is 0.0235. The number of hydrogen-bond acceptors (Lipinski definition) is 4. The third-order valence-corrected chi connectivity index (χ3v) is 5.74. The monoisotopic (exact) mass is 441 g/mol. The Balaban J connectivity index is 1.50. The van der Waals surface area contributed by atoms with Gasteiger partial charge in [-0.1, -0.05) is 6.08 Å². The van der Waals surface area contributed by atoms with E-state index in [2.05, 4.69) is 10.2 Å². The summed E-state index contributed by atoms with van der Waals surface area (Å²) < 4.78 is 69.5. The predicted octanol–water partition coefficient (Wildman–Crippen LogP) is 2.98. The van der Waals surface area contributed by atoms with E-state index in [1.165, 1.54) is 9.47 Å². The van der Waals surface area contributed by atoms with E-state index in [0.717, 1.165) is 13.0 Å². The fraction of sp³-hybridized carbons (Fsp3) is 0.450. The van der Waals surface area contributed by atoms with Gasteiger partial charge in [0, 0.05) is 43.6 Å². The van der Waals surface area contributed by atoms with Crippen molar-refractivity contribution in [1.29, 1.82) is 0 Å². The number of carbonyl (C=O) groups is 1. The van der Waals surface area contributed by atoms with Gasteiger partial charge in [0.1, 0.15) is 5.82 Å². The molecule has 2 aromatic rings. The zero-order valence-corrected chi connectivity index (χ0v) is 16.6. The van der Waals surface area contributed by atoms with Crippen LogP contribution in [-0.2, 0) is 23.8 Å². The molecule has 0 radical (unpaired) electrons. The number of rotatable bonds is 3. The van der Waals surface area contributed by atoms with Crippen LogP contribution in [0.5, 0.6) is 0 Å². The molecule has 6 nitrogen and oxygen atoms in total. The summed E-state index contributed by atoms with van der Waals surface area (Å²) in [6, 6.07) is 0.607. The molecule has 0 saturated heterocycles. The number of nitrogens with two attached hydrogens (primary N) is 1. The number of benzene rings is 1. The zero-order valence-electron chi connectivity index (χ0n) is 16.6. The summed E-state index contributed by atoms with van der Waals surface area (Å²) in [6.07, 6.45) is 1.91. The number of amides is 1. The number of aromatic nitrogens is 3. The number of nitrogens with zero attached hydrogens (tertiary/aromatic N) is 4. The van der Waals surface area contributed by atoms with Crippen LogP contribution >= 0.6 is 0 Å². The molecule has 11 heteroatoms. The van der Waals surface area contributed by atoms with Crippen molar-refractivity contribution in [2.24, 2.45) is 5.73 Å². The normalized spacial score (nSPS) is 21.6. The molecule has 0 spiro atoms. The summed E-state index contributed by atoms with van der Waals surface area (Å²) in [5.41, 5.74) is 6.52. The minimum Gasteiger partial charge on any atom is -0.330 e. The highest BCUT2D eigenvalue weighted by Gasteiger charge is 2.36. The molecule has 166 valence electrons. The Kier molecular flexibility index (Phi) is 5.32. The second-order valence-corrected chi connectivity index (χ2v) is 7.93. The lowest BCUT2D eigenvalue weighted by atomic mass is 9.80. The highest BCUT2D eigenvalue weighted by Crippen LogP contribution is 2.35. The van der Waals surface area contributed by atoms with Gasteiger partial charge >= 0.3 is 5.92 Å². The zero-order chi connectivity index (χ0) is 22.5. The van der Waals surface area contributed by atoms with Crippen molar-refractivity contribution in [2.75, 3.05) is 6.54 Å². The number of fused-ring (bicyclic) bond motifs is 1. The van der Waals surface area contributed by atoms with E-state index in [-0.39, 0.29) is 49.8 Å². The van der Waals surface area contributed by atoms with Crippen molar-refractivity contribution < 1.29 is 26.7 Å². The largest absolute Gasteiger partial charge is 0.330 e. The van der Waals surface area contributed by atoms with Crippen LogP contribution in [-0.4, -0.2) is 38.2 Å². The molecule has 2 heterocycles. The Labute approximate surface area is 174 Å². The van der Waals surface area contributed by atoms with Gasteiger partial charge in [0.05, 0.1) is 6.54 Å². The van der Waals surface area contributed by atoms with Crippen LogP contribution < -0.4 is 5.73 Å². The van der Waals surface area contributed by atoms with Gasteiger partial charge in [-0.2, -0.15) is 8.78 Å². The standard InChI is InChI=1S/C20H20F5N5O/c1-20(24,25)19-28-27-17-9-29(4-5-30(17)19)18(31)10-2-3-11(16(26)6-10)12-7-14(22)15(23)8-13(12)21/h2,7-8,11,16H,3-6,9,26H2,1H3/t11-,16+/m1/s1. The van der Waals surface area contributed by atoms with Gasteiger partial charge in [0.25, 0.3) is 0 Å². The molecule has 0 fully saturated rings. The van der Waals surface area contributed by atoms with Crippen molar-refractivity contribution in [3.05, 3.63) is 58.4 Å². The van der Waals surface area contributed by atoms with Crippen LogP contribution in [0.15, 0.2) is 23.8 Å². The molecule has 1 aliphatic heterocycles. The average Bonchev–Trinajstić information content (AvgIpc) is 3.14. The van der Waals surface area contributed by atoms with Crippen LogP contribution in [0.25, 0.3) is 0 Å². The van der Waals surface area contributed by atoms with E-state index in [4.69, 9.17) is 5.73 Å². The van der Waals surface area contributed by atoms with Gasteiger partial charge in [-0.05, 0) is 24.5 Å². The molecule has 0 unspecified atom stereocenters. The van der Waals surface area contributed by atoms with E-state index in [1.54, 1.807) is 6.08 Å². The molecule has 1 aromatic heterocycles. The number of alkyl halides is 2. The summed E-state index contributed by atoms with van der Waals surface area (Å²) in [6.45, 7) is 1.09. The van der Waals surface area contributed by atoms with Gasteiger partial charge in [-0.3, -0.25) is 4.79 Å². The number of allylic oxidation sites excluding steroid dienone is 1. The van der Waals surface area contributed by atoms with E-state index in [0.29, 0.717) is 11.6 Å². The fourth-order valence-electron chi connectivity index (χ4n) is 4.14. The fourth-order valence-corrected chi connectivity index (χ4v) is 4.14. The van der Waals surface area contributed by atoms with Gasteiger partial charge in [-0.25, -0.2) is 13.2 Å². The molecule has 4 rings (SSSR count). The van der Waals surface area contributed by atoms with Gasteiger partial charge in [-0.15, -0.1) is 10.2 Å². The maximum atomic E-state index is 14.1. The first kappa shape index (κ1) is 21.4. The SMILES string of the molecule is CC(F)(F)c1nnc2n1CCN(C(=O)C1=CC[C@H](c3cc(F)c(F)cc3F)[C@@H](N)C1)C2.